The number of aromatic carboxylic acids is 1. The van der Waals surface area contributed by atoms with E-state index >= 15 is 0 Å². The topological polar surface area (TPSA) is 103 Å². The highest BCUT2D eigenvalue weighted by molar-refractivity contribution is 5.87. The van der Waals surface area contributed by atoms with Gasteiger partial charge in [0.1, 0.15) is 5.75 Å². The van der Waals surface area contributed by atoms with Crippen LogP contribution in [0.3, 0.4) is 0 Å². The summed E-state index contributed by atoms with van der Waals surface area (Å²) in [5.74, 6) is 0.516. The maximum absolute atomic E-state index is 13.3. The molecule has 0 amide bonds. The third kappa shape index (κ3) is 4.18. The van der Waals surface area contributed by atoms with E-state index in [0.29, 0.717) is 39.1 Å². The summed E-state index contributed by atoms with van der Waals surface area (Å²) < 4.78 is 17.6. The number of hydrogen-bond donors (Lipinski definition) is 2. The molecule has 8 nitrogen and oxygen atoms in total. The molecule has 1 aromatic heterocycles. The van der Waals surface area contributed by atoms with E-state index in [4.69, 9.17) is 19.3 Å². The molecule has 3 aromatic rings. The maximum Gasteiger partial charge on any atom is 0.335 e. The zero-order chi connectivity index (χ0) is 22.7. The van der Waals surface area contributed by atoms with Gasteiger partial charge in [0, 0.05) is 11.6 Å². The first-order valence-corrected chi connectivity index (χ1v) is 9.44. The highest BCUT2D eigenvalue weighted by atomic mass is 16.5. The first-order chi connectivity index (χ1) is 14.8. The van der Waals surface area contributed by atoms with E-state index in [1.807, 2.05) is 13.8 Å². The van der Waals surface area contributed by atoms with Crippen LogP contribution in [0.2, 0.25) is 0 Å². The monoisotopic (exact) mass is 424 g/mol. The van der Waals surface area contributed by atoms with Crippen LogP contribution in [0, 0.1) is 0 Å². The molecule has 0 aliphatic rings. The van der Waals surface area contributed by atoms with Gasteiger partial charge in [-0.15, -0.1) is 0 Å². The molecule has 31 heavy (non-hydrogen) atoms. The fourth-order valence-corrected chi connectivity index (χ4v) is 3.22. The molecular formula is C23H24N2O6. The van der Waals surface area contributed by atoms with Gasteiger partial charge in [0.05, 0.1) is 43.1 Å². The fraction of sp³-hybridized carbons (Fsp3) is 0.217. The minimum atomic E-state index is -1.03. The van der Waals surface area contributed by atoms with Gasteiger partial charge in [-0.1, -0.05) is 5.57 Å². The average Bonchev–Trinajstić information content (AvgIpc) is 3.09. The molecule has 0 bridgehead atoms. The predicted octanol–water partition coefficient (Wildman–Crippen LogP) is 1.91. The molecule has 0 saturated carbocycles. The van der Waals surface area contributed by atoms with Crippen LogP contribution in [0.25, 0.3) is 17.3 Å². The number of carboxylic acid groups (broad SMARTS) is 1. The van der Waals surface area contributed by atoms with E-state index in [0.717, 1.165) is 5.57 Å². The number of rotatable bonds is 6. The first kappa shape index (κ1) is 21.8. The number of aromatic amines is 1. The number of methoxy groups -OCH3 is 3. The molecule has 0 radical (unpaired) electrons. The van der Waals surface area contributed by atoms with Crippen LogP contribution in [0.15, 0.2) is 41.2 Å². The molecule has 0 unspecified atom stereocenters. The van der Waals surface area contributed by atoms with E-state index in [1.54, 1.807) is 30.3 Å². The Kier molecular flexibility index (Phi) is 6.20. The molecule has 0 spiro atoms. The van der Waals surface area contributed by atoms with Crippen molar-refractivity contribution < 1.29 is 24.1 Å². The van der Waals surface area contributed by atoms with Gasteiger partial charge >= 0.3 is 5.97 Å². The van der Waals surface area contributed by atoms with Gasteiger partial charge in [-0.2, -0.15) is 0 Å². The van der Waals surface area contributed by atoms with Gasteiger partial charge in [-0.25, -0.2) is 9.48 Å². The van der Waals surface area contributed by atoms with Crippen LogP contribution in [0.1, 0.15) is 29.8 Å². The molecule has 0 fully saturated rings. The van der Waals surface area contributed by atoms with Crippen LogP contribution in [-0.4, -0.2) is 42.2 Å². The second kappa shape index (κ2) is 8.83. The maximum atomic E-state index is 13.3. The standard InChI is InChI=1S/C23H24N2O6/c1-13(2)21-17(10-15-11-19(30-4)20(31-5)12-18(15)29-3)22(26)25(24-21)16-8-6-14(7-9-16)23(27)28/h6-12,24H,1-5H3,(H,27,28). The van der Waals surface area contributed by atoms with Gasteiger partial charge in [-0.3, -0.25) is 9.89 Å². The number of benzene rings is 2. The molecule has 8 heteroatoms. The highest BCUT2D eigenvalue weighted by Crippen LogP contribution is 2.34. The molecule has 162 valence electrons. The summed E-state index contributed by atoms with van der Waals surface area (Å²) in [7, 11) is 4.61. The van der Waals surface area contributed by atoms with Crippen molar-refractivity contribution in [3.63, 3.8) is 0 Å². The minimum Gasteiger partial charge on any atom is -0.496 e. The fourth-order valence-electron chi connectivity index (χ4n) is 3.22. The predicted molar refractivity (Wildman–Crippen MR) is 117 cm³/mol. The van der Waals surface area contributed by atoms with E-state index in [9.17, 15) is 9.59 Å². The average molecular weight is 424 g/mol. The van der Waals surface area contributed by atoms with Gasteiger partial charge in [0.25, 0.3) is 5.56 Å². The lowest BCUT2D eigenvalue weighted by Gasteiger charge is -2.11. The number of ether oxygens (including phenoxy) is 3. The molecule has 3 rings (SSSR count). The number of aromatic nitrogens is 2. The van der Waals surface area contributed by atoms with Crippen LogP contribution < -0.4 is 30.3 Å². The van der Waals surface area contributed by atoms with Crippen molar-refractivity contribution >= 4 is 17.6 Å². The summed E-state index contributed by atoms with van der Waals surface area (Å²) in [4.78, 5) is 24.4. The molecule has 1 heterocycles. The Bertz CT molecular complexity index is 1300. The van der Waals surface area contributed by atoms with Crippen LogP contribution in [0.5, 0.6) is 17.2 Å². The van der Waals surface area contributed by atoms with Gasteiger partial charge in [0.15, 0.2) is 11.5 Å². The molecule has 0 aliphatic heterocycles. The third-order valence-electron chi connectivity index (χ3n) is 4.83. The van der Waals surface area contributed by atoms with Crippen molar-refractivity contribution in [2.24, 2.45) is 0 Å². The highest BCUT2D eigenvalue weighted by Gasteiger charge is 2.13. The summed E-state index contributed by atoms with van der Waals surface area (Å²) in [5.41, 5.74) is 1.94. The Morgan fingerprint density at radius 3 is 2.06 bits per heavy atom. The zero-order valence-electron chi connectivity index (χ0n) is 18.0. The summed E-state index contributed by atoms with van der Waals surface area (Å²) in [6, 6.07) is 9.50. The SMILES string of the molecule is COc1cc(OC)c(OC)cc1C=c1c(=C(C)C)[nH]n(-c2ccc(C(=O)O)cc2)c1=O. The van der Waals surface area contributed by atoms with E-state index in [1.165, 1.54) is 38.1 Å². The number of carboxylic acids is 1. The minimum absolute atomic E-state index is 0.142. The smallest absolute Gasteiger partial charge is 0.335 e. The normalized spacial score (nSPS) is 11.3. The van der Waals surface area contributed by atoms with E-state index in [-0.39, 0.29) is 11.1 Å². The Balaban J connectivity index is 2.28. The number of nitrogens with zero attached hydrogens (tertiary/aromatic N) is 1. The Morgan fingerprint density at radius 1 is 0.968 bits per heavy atom. The van der Waals surface area contributed by atoms with E-state index in [2.05, 4.69) is 5.10 Å². The van der Waals surface area contributed by atoms with Crippen molar-refractivity contribution in [3.8, 4) is 22.9 Å². The number of nitrogens with one attached hydrogen (secondary N) is 1. The van der Waals surface area contributed by atoms with Gasteiger partial charge < -0.3 is 19.3 Å². The van der Waals surface area contributed by atoms with Gasteiger partial charge in [-0.05, 0) is 50.3 Å². The lowest BCUT2D eigenvalue weighted by atomic mass is 10.1. The Morgan fingerprint density at radius 2 is 1.55 bits per heavy atom. The number of H-pyrrole nitrogens is 1. The number of hydrogen-bond acceptors (Lipinski definition) is 5. The Hall–Kier alpha value is -3.94. The molecule has 0 atom stereocenters. The van der Waals surface area contributed by atoms with Crippen LogP contribution >= 0.6 is 0 Å². The lowest BCUT2D eigenvalue weighted by Crippen LogP contribution is -2.35. The summed E-state index contributed by atoms with van der Waals surface area (Å²) in [6.45, 7) is 3.79. The first-order valence-electron chi connectivity index (χ1n) is 9.44. The summed E-state index contributed by atoms with van der Waals surface area (Å²) in [6.07, 6.45) is 1.73. The van der Waals surface area contributed by atoms with Crippen molar-refractivity contribution in [1.29, 1.82) is 0 Å². The van der Waals surface area contributed by atoms with Crippen LogP contribution in [0.4, 0.5) is 0 Å². The zero-order valence-corrected chi connectivity index (χ0v) is 18.0. The summed E-state index contributed by atoms with van der Waals surface area (Å²) >= 11 is 0. The molecule has 0 saturated heterocycles. The van der Waals surface area contributed by atoms with Crippen molar-refractivity contribution in [2.75, 3.05) is 21.3 Å². The number of carbonyl (C=O) groups is 1. The quantitative estimate of drug-likeness (QED) is 0.627. The Labute approximate surface area is 178 Å². The third-order valence-corrected chi connectivity index (χ3v) is 4.83. The van der Waals surface area contributed by atoms with Crippen molar-refractivity contribution in [1.82, 2.24) is 9.78 Å². The second-order valence-electron chi connectivity index (χ2n) is 6.99. The molecule has 2 N–H and O–H groups in total. The molecular weight excluding hydrogens is 400 g/mol. The molecule has 2 aromatic carbocycles. The van der Waals surface area contributed by atoms with Crippen molar-refractivity contribution in [2.45, 2.75) is 13.8 Å². The summed E-state index contributed by atoms with van der Waals surface area (Å²) in [5, 5.41) is 13.3. The van der Waals surface area contributed by atoms with Crippen molar-refractivity contribution in [3.05, 3.63) is 68.4 Å². The largest absolute Gasteiger partial charge is 0.496 e. The second-order valence-corrected chi connectivity index (χ2v) is 6.99. The van der Waals surface area contributed by atoms with Gasteiger partial charge in [0.2, 0.25) is 0 Å². The lowest BCUT2D eigenvalue weighted by molar-refractivity contribution is 0.0697. The van der Waals surface area contributed by atoms with Crippen LogP contribution in [-0.2, 0) is 0 Å². The van der Waals surface area contributed by atoms with E-state index < -0.39 is 5.97 Å². The molecule has 0 aliphatic carbocycles.